The van der Waals surface area contributed by atoms with Crippen molar-refractivity contribution in [3.8, 4) is 11.5 Å². The lowest BCUT2D eigenvalue weighted by Crippen LogP contribution is -2.61. The van der Waals surface area contributed by atoms with Crippen molar-refractivity contribution in [2.24, 2.45) is 11.3 Å². The summed E-state index contributed by atoms with van der Waals surface area (Å²) in [6, 6.07) is 20.9. The fourth-order valence-electron chi connectivity index (χ4n) is 10.8. The van der Waals surface area contributed by atoms with Crippen molar-refractivity contribution in [3.05, 3.63) is 117 Å². The second-order valence-electron chi connectivity index (χ2n) is 18.5. The monoisotopic (exact) mass is 922 g/mol. The molecule has 3 heterocycles. The summed E-state index contributed by atoms with van der Waals surface area (Å²) in [5.74, 6) is -0.104. The summed E-state index contributed by atoms with van der Waals surface area (Å²) in [6.07, 6.45) is 15.4. The van der Waals surface area contributed by atoms with Crippen molar-refractivity contribution < 1.29 is 27.6 Å². The number of quaternary nitrogens is 1. The minimum absolute atomic E-state index is 0.0144. The highest BCUT2D eigenvalue weighted by Crippen LogP contribution is 2.53. The Morgan fingerprint density at radius 1 is 0.985 bits per heavy atom. The van der Waals surface area contributed by atoms with Crippen LogP contribution in [0.5, 0.6) is 11.5 Å². The van der Waals surface area contributed by atoms with Gasteiger partial charge in [-0.25, -0.2) is 18.1 Å². The average Bonchev–Trinajstić information content (AvgIpc) is 3.98. The Bertz CT molecular complexity index is 2700. The van der Waals surface area contributed by atoms with Gasteiger partial charge in [0.1, 0.15) is 35.1 Å². The number of aromatic amines is 1. The van der Waals surface area contributed by atoms with Crippen molar-refractivity contribution in [3.63, 3.8) is 0 Å². The molecule has 4 N–H and O–H groups in total. The maximum Gasteiger partial charge on any atom is 0.293 e. The van der Waals surface area contributed by atoms with Gasteiger partial charge in [0.25, 0.3) is 21.6 Å². The van der Waals surface area contributed by atoms with Crippen LogP contribution in [0, 0.1) is 21.4 Å². The highest BCUT2D eigenvalue weighted by atomic mass is 35.5. The number of nitro groups is 1. The molecule has 14 nitrogen and oxygen atoms in total. The predicted octanol–water partition coefficient (Wildman–Crippen LogP) is 9.76. The third-order valence-corrected chi connectivity index (χ3v) is 16.1. The first-order valence-electron chi connectivity index (χ1n) is 22.8. The Kier molecular flexibility index (Phi) is 13.0. The Balaban J connectivity index is 1.04. The number of piperazine rings is 1. The summed E-state index contributed by atoms with van der Waals surface area (Å²) in [6.45, 7) is 4.43. The van der Waals surface area contributed by atoms with Crippen molar-refractivity contribution in [1.29, 1.82) is 0 Å². The molecule has 3 aliphatic carbocycles. The average molecular weight is 924 g/mol. The molecule has 1 saturated heterocycles. The topological polar surface area (TPSA) is 178 Å². The quantitative estimate of drug-likeness (QED) is 0.0476. The minimum atomic E-state index is -4.59. The summed E-state index contributed by atoms with van der Waals surface area (Å²) in [4.78, 5) is 33.1. The number of sulfonamides is 1. The highest BCUT2D eigenvalue weighted by molar-refractivity contribution is 7.90. The Morgan fingerprint density at radius 3 is 2.49 bits per heavy atom. The van der Waals surface area contributed by atoms with E-state index in [0.717, 1.165) is 88.4 Å². The van der Waals surface area contributed by atoms with Crippen molar-refractivity contribution in [2.45, 2.75) is 81.6 Å². The van der Waals surface area contributed by atoms with E-state index >= 15 is 0 Å². The molecule has 4 aliphatic rings. The molecule has 2 aromatic heterocycles. The van der Waals surface area contributed by atoms with Gasteiger partial charge in [0.2, 0.25) is 0 Å². The van der Waals surface area contributed by atoms with E-state index in [1.807, 2.05) is 36.4 Å². The van der Waals surface area contributed by atoms with Gasteiger partial charge in [0.05, 0.1) is 40.8 Å². The molecule has 1 amide bonds. The van der Waals surface area contributed by atoms with Gasteiger partial charge in [0, 0.05) is 61.5 Å². The van der Waals surface area contributed by atoms with Gasteiger partial charge in [-0.1, -0.05) is 36.6 Å². The van der Waals surface area contributed by atoms with Crippen LogP contribution in [0.4, 0.5) is 17.1 Å². The molecule has 0 atom stereocenters. The zero-order valence-corrected chi connectivity index (χ0v) is 38.3. The van der Waals surface area contributed by atoms with Crippen LogP contribution in [0.1, 0.15) is 86.6 Å². The van der Waals surface area contributed by atoms with E-state index in [4.69, 9.17) is 21.1 Å². The molecule has 5 aromatic rings. The van der Waals surface area contributed by atoms with E-state index in [0.29, 0.717) is 38.8 Å². The minimum Gasteiger partial charge on any atom is -0.455 e. The SMILES string of the molecule is COC1CCC(CNc2ccc(S(=O)(=O)NC(=O)c3ccc([N+]4(CC5=C(c6ccc(Cl)cc6)CCC6(CCCC6)C5)CCNCC4)cc3Oc3cnc4[nH]ccc4c3)cc2[N+](=O)[O-])CC1. The maximum absolute atomic E-state index is 14.3. The number of H-pyrrole nitrogens is 1. The number of benzene rings is 3. The smallest absolute Gasteiger partial charge is 0.293 e. The third-order valence-electron chi connectivity index (χ3n) is 14.5. The number of rotatable bonds is 14. The molecule has 3 fully saturated rings. The molecule has 0 radical (unpaired) electrons. The normalized spacial score (nSPS) is 20.8. The number of nitro benzene ring substituents is 1. The zero-order chi connectivity index (χ0) is 45.2. The van der Waals surface area contributed by atoms with Crippen LogP contribution >= 0.6 is 11.6 Å². The van der Waals surface area contributed by atoms with Crippen molar-refractivity contribution in [2.75, 3.05) is 51.7 Å². The van der Waals surface area contributed by atoms with E-state index in [2.05, 4.69) is 37.5 Å². The van der Waals surface area contributed by atoms with Crippen LogP contribution < -0.4 is 24.6 Å². The number of carbonyl (C=O) groups excluding carboxylic acids is 1. The molecule has 2 saturated carbocycles. The summed E-state index contributed by atoms with van der Waals surface area (Å²) >= 11 is 6.37. The number of nitrogens with one attached hydrogen (secondary N) is 4. The number of halogens is 1. The van der Waals surface area contributed by atoms with Gasteiger partial charge in [-0.05, 0) is 128 Å². The fraction of sp³-hybridized carbons (Fsp3) is 0.429. The van der Waals surface area contributed by atoms with Gasteiger partial charge >= 0.3 is 0 Å². The van der Waals surface area contributed by atoms with Crippen LogP contribution in [0.25, 0.3) is 16.6 Å². The summed E-state index contributed by atoms with van der Waals surface area (Å²) < 4.78 is 42.7. The van der Waals surface area contributed by atoms with Crippen molar-refractivity contribution >= 4 is 61.2 Å². The second kappa shape index (κ2) is 18.9. The molecule has 0 bridgehead atoms. The summed E-state index contributed by atoms with van der Waals surface area (Å²) in [5.41, 5.74) is 5.74. The van der Waals surface area contributed by atoms with E-state index in [-0.39, 0.29) is 23.1 Å². The number of carbonyl (C=O) groups is 1. The first-order valence-corrected chi connectivity index (χ1v) is 24.7. The number of methoxy groups -OCH3 is 1. The summed E-state index contributed by atoms with van der Waals surface area (Å²) in [7, 11) is -2.88. The lowest BCUT2D eigenvalue weighted by Gasteiger charge is -2.45. The van der Waals surface area contributed by atoms with E-state index in [1.54, 1.807) is 25.6 Å². The number of amides is 1. The molecule has 9 rings (SSSR count). The molecule has 16 heteroatoms. The molecule has 1 spiro atoms. The van der Waals surface area contributed by atoms with E-state index in [1.165, 1.54) is 60.9 Å². The molecule has 65 heavy (non-hydrogen) atoms. The molecule has 0 unspecified atom stereocenters. The molecule has 342 valence electrons. The zero-order valence-electron chi connectivity index (χ0n) is 36.7. The highest BCUT2D eigenvalue weighted by Gasteiger charge is 2.42. The standard InChI is InChI=1S/C49H56ClN7O7S/c1-63-39-11-4-33(5-12-39)30-53-44-15-13-41(28-45(44)56(59)60)65(61,62)55-48(58)43-14-10-38(27-46(43)64-40-26-35-17-21-52-47(35)54-31-40)57(24-22-51-23-25-57)32-36-29-49(18-2-3-19-49)20-16-42(36)34-6-8-37(50)9-7-34/h6-10,13-15,17,21,26-28,31,33,39,51,53H,2-5,11-12,16,18-20,22-25,29-30,32H2,1H3,(H-,52,54,55,58)/p+1. The maximum atomic E-state index is 14.3. The number of hydrogen-bond acceptors (Lipinski definition) is 10. The van der Waals surface area contributed by atoms with E-state index < -0.39 is 31.4 Å². The molecular weight excluding hydrogens is 866 g/mol. The number of allylic oxidation sites excluding steroid dienone is 1. The lowest BCUT2D eigenvalue weighted by atomic mass is 9.69. The van der Waals surface area contributed by atoms with Crippen molar-refractivity contribution in [1.82, 2.24) is 24.5 Å². The van der Waals surface area contributed by atoms with Gasteiger partial charge < -0.3 is 25.1 Å². The van der Waals surface area contributed by atoms with Gasteiger partial charge in [0.15, 0.2) is 0 Å². The number of hydrogen-bond donors (Lipinski definition) is 4. The van der Waals surface area contributed by atoms with Crippen LogP contribution in [-0.2, 0) is 14.8 Å². The first-order chi connectivity index (χ1) is 31.4. The predicted molar refractivity (Wildman–Crippen MR) is 254 cm³/mol. The summed E-state index contributed by atoms with van der Waals surface area (Å²) in [5, 5.41) is 20.5. The Hall–Kier alpha value is -5.32. The van der Waals surface area contributed by atoms with Crippen LogP contribution in [0.15, 0.2) is 95.7 Å². The number of aromatic nitrogens is 2. The Labute approximate surface area is 384 Å². The number of fused-ring (bicyclic) bond motifs is 1. The molecular formula is C49H57ClN7O7S+. The lowest BCUT2D eigenvalue weighted by molar-refractivity contribution is -0.384. The number of ether oxygens (including phenoxy) is 2. The van der Waals surface area contributed by atoms with Crippen LogP contribution in [-0.4, -0.2) is 81.7 Å². The Morgan fingerprint density at radius 2 is 1.75 bits per heavy atom. The van der Waals surface area contributed by atoms with Gasteiger partial charge in [-0.3, -0.25) is 19.4 Å². The second-order valence-corrected chi connectivity index (χ2v) is 20.6. The van der Waals surface area contributed by atoms with E-state index in [9.17, 15) is 23.3 Å². The fourth-order valence-corrected chi connectivity index (χ4v) is 11.9. The van der Waals surface area contributed by atoms with Gasteiger partial charge in [-0.15, -0.1) is 0 Å². The largest absolute Gasteiger partial charge is 0.455 e. The molecule has 1 aliphatic heterocycles. The molecule has 3 aromatic carbocycles. The third kappa shape index (κ3) is 9.80. The van der Waals surface area contributed by atoms with Crippen LogP contribution in [0.2, 0.25) is 5.02 Å². The number of pyridine rings is 1. The number of anilines is 1. The van der Waals surface area contributed by atoms with Gasteiger partial charge in [-0.2, -0.15) is 0 Å². The first kappa shape index (κ1) is 44.9. The number of nitrogens with zero attached hydrogens (tertiary/aromatic N) is 3. The van der Waals surface area contributed by atoms with Crippen LogP contribution in [0.3, 0.4) is 0 Å².